The fraction of sp³-hybridized carbons (Fsp3) is 0.250. The molecule has 0 radical (unpaired) electrons. The van der Waals surface area contributed by atoms with Crippen molar-refractivity contribution in [1.29, 1.82) is 0 Å². The molecule has 2 rings (SSSR count). The first-order valence-corrected chi connectivity index (χ1v) is 6.56. The largest absolute Gasteiger partial charge is 0.275 e. The Balaban J connectivity index is 2.28. The summed E-state index contributed by atoms with van der Waals surface area (Å²) in [4.78, 5) is 1.24. The van der Waals surface area contributed by atoms with E-state index in [1.165, 1.54) is 4.90 Å². The van der Waals surface area contributed by atoms with Gasteiger partial charge in [-0.25, -0.2) is 5.43 Å². The molecule has 2 aromatic rings. The summed E-state index contributed by atoms with van der Waals surface area (Å²) >= 11 is 1.73. The predicted octanol–water partition coefficient (Wildman–Crippen LogP) is 1.69. The molecular weight excluding hydrogens is 232 g/mol. The molecule has 1 aromatic heterocycles. The first-order valence-electron chi connectivity index (χ1n) is 5.34. The fourth-order valence-corrected chi connectivity index (χ4v) is 2.14. The normalized spacial score (nSPS) is 12.6. The standard InChI is InChI=1S/C12H16N4S/c1-16-8-7-11(15-16)12(14-13)9-3-5-10(17-2)6-4-9/h3-8,12,14H,13H2,1-2H3. The lowest BCUT2D eigenvalue weighted by atomic mass is 10.1. The van der Waals surface area contributed by atoms with Gasteiger partial charge >= 0.3 is 0 Å². The molecule has 0 spiro atoms. The summed E-state index contributed by atoms with van der Waals surface area (Å²) in [5, 5.41) is 4.37. The van der Waals surface area contributed by atoms with Crippen molar-refractivity contribution in [2.45, 2.75) is 10.9 Å². The van der Waals surface area contributed by atoms with E-state index in [4.69, 9.17) is 5.84 Å². The van der Waals surface area contributed by atoms with Crippen LogP contribution in [0.4, 0.5) is 0 Å². The van der Waals surface area contributed by atoms with Gasteiger partial charge in [0.2, 0.25) is 0 Å². The number of nitrogens with one attached hydrogen (secondary N) is 1. The molecule has 0 amide bonds. The quantitative estimate of drug-likeness (QED) is 0.491. The van der Waals surface area contributed by atoms with Crippen LogP contribution in [-0.4, -0.2) is 16.0 Å². The lowest BCUT2D eigenvalue weighted by Gasteiger charge is -2.14. The van der Waals surface area contributed by atoms with Crippen molar-refractivity contribution >= 4 is 11.8 Å². The molecule has 0 bridgehead atoms. The minimum Gasteiger partial charge on any atom is -0.275 e. The molecule has 1 aromatic carbocycles. The highest BCUT2D eigenvalue weighted by Gasteiger charge is 2.14. The van der Waals surface area contributed by atoms with Gasteiger partial charge in [0.05, 0.1) is 11.7 Å². The Bertz CT molecular complexity index is 478. The van der Waals surface area contributed by atoms with E-state index in [-0.39, 0.29) is 6.04 Å². The highest BCUT2D eigenvalue weighted by atomic mass is 32.2. The van der Waals surface area contributed by atoms with Crippen molar-refractivity contribution in [2.24, 2.45) is 12.9 Å². The van der Waals surface area contributed by atoms with E-state index in [9.17, 15) is 0 Å². The zero-order valence-electron chi connectivity index (χ0n) is 9.92. The number of nitrogens with two attached hydrogens (primary N) is 1. The third-order valence-electron chi connectivity index (χ3n) is 2.65. The smallest absolute Gasteiger partial charge is 0.0899 e. The summed E-state index contributed by atoms with van der Waals surface area (Å²) in [7, 11) is 1.90. The van der Waals surface area contributed by atoms with Gasteiger partial charge in [-0.3, -0.25) is 10.5 Å². The molecule has 0 saturated carbocycles. The van der Waals surface area contributed by atoms with Gasteiger partial charge < -0.3 is 0 Å². The number of benzene rings is 1. The van der Waals surface area contributed by atoms with Gasteiger partial charge in [0.15, 0.2) is 0 Å². The van der Waals surface area contributed by atoms with E-state index < -0.39 is 0 Å². The van der Waals surface area contributed by atoms with Crippen LogP contribution in [0.2, 0.25) is 0 Å². The summed E-state index contributed by atoms with van der Waals surface area (Å²) in [5.74, 6) is 5.61. The van der Waals surface area contributed by atoms with Gasteiger partial charge in [0.1, 0.15) is 0 Å². The number of aromatic nitrogens is 2. The first kappa shape index (κ1) is 12.2. The topological polar surface area (TPSA) is 55.9 Å². The van der Waals surface area contributed by atoms with Crippen molar-refractivity contribution in [3.63, 3.8) is 0 Å². The Kier molecular flexibility index (Phi) is 3.83. The number of hydrogen-bond donors (Lipinski definition) is 2. The molecule has 90 valence electrons. The van der Waals surface area contributed by atoms with Crippen LogP contribution in [-0.2, 0) is 7.05 Å². The Morgan fingerprint density at radius 1 is 1.29 bits per heavy atom. The minimum absolute atomic E-state index is 0.0629. The number of thioether (sulfide) groups is 1. The van der Waals surface area contributed by atoms with Crippen LogP contribution in [0.15, 0.2) is 41.4 Å². The average Bonchev–Trinajstić information content (AvgIpc) is 2.78. The van der Waals surface area contributed by atoms with Crippen molar-refractivity contribution in [3.8, 4) is 0 Å². The third-order valence-corrected chi connectivity index (χ3v) is 3.39. The number of aryl methyl sites for hydroxylation is 1. The first-order chi connectivity index (χ1) is 8.24. The van der Waals surface area contributed by atoms with Crippen LogP contribution in [0, 0.1) is 0 Å². The number of hydrogen-bond acceptors (Lipinski definition) is 4. The second kappa shape index (κ2) is 5.35. The third kappa shape index (κ3) is 2.69. The van der Waals surface area contributed by atoms with Gasteiger partial charge in [-0.05, 0) is 30.0 Å². The van der Waals surface area contributed by atoms with E-state index >= 15 is 0 Å². The lowest BCUT2D eigenvalue weighted by Crippen LogP contribution is -2.29. The highest BCUT2D eigenvalue weighted by molar-refractivity contribution is 7.98. The maximum absolute atomic E-state index is 5.61. The van der Waals surface area contributed by atoms with Crippen molar-refractivity contribution < 1.29 is 0 Å². The second-order valence-corrected chi connectivity index (χ2v) is 4.67. The monoisotopic (exact) mass is 248 g/mol. The van der Waals surface area contributed by atoms with E-state index in [1.54, 1.807) is 16.4 Å². The fourth-order valence-electron chi connectivity index (χ4n) is 1.74. The Morgan fingerprint density at radius 3 is 2.47 bits per heavy atom. The van der Waals surface area contributed by atoms with Crippen LogP contribution in [0.5, 0.6) is 0 Å². The van der Waals surface area contributed by atoms with Crippen molar-refractivity contribution in [2.75, 3.05) is 6.26 Å². The van der Waals surface area contributed by atoms with Gasteiger partial charge in [-0.2, -0.15) is 5.10 Å². The Morgan fingerprint density at radius 2 is 2.00 bits per heavy atom. The summed E-state index contributed by atoms with van der Waals surface area (Å²) in [6.45, 7) is 0. The van der Waals surface area contributed by atoms with E-state index in [0.29, 0.717) is 0 Å². The number of hydrazine groups is 1. The Labute approximate surface area is 105 Å². The van der Waals surface area contributed by atoms with E-state index in [1.807, 2.05) is 19.3 Å². The number of nitrogens with zero attached hydrogens (tertiary/aromatic N) is 2. The summed E-state index contributed by atoms with van der Waals surface area (Å²) in [6, 6.07) is 10.2. The highest BCUT2D eigenvalue weighted by Crippen LogP contribution is 2.22. The molecule has 0 saturated heterocycles. The number of rotatable bonds is 4. The molecule has 1 atom stereocenters. The molecule has 17 heavy (non-hydrogen) atoms. The summed E-state index contributed by atoms with van der Waals surface area (Å²) in [6.07, 6.45) is 3.97. The van der Waals surface area contributed by atoms with Crippen LogP contribution < -0.4 is 11.3 Å². The predicted molar refractivity (Wildman–Crippen MR) is 70.6 cm³/mol. The van der Waals surface area contributed by atoms with Gasteiger partial charge in [0, 0.05) is 18.1 Å². The molecular formula is C12H16N4S. The van der Waals surface area contributed by atoms with Gasteiger partial charge in [-0.15, -0.1) is 11.8 Å². The summed E-state index contributed by atoms with van der Waals surface area (Å²) < 4.78 is 1.77. The molecule has 1 unspecified atom stereocenters. The maximum Gasteiger partial charge on any atom is 0.0899 e. The van der Waals surface area contributed by atoms with Crippen LogP contribution in [0.1, 0.15) is 17.3 Å². The van der Waals surface area contributed by atoms with E-state index in [0.717, 1.165) is 11.3 Å². The molecule has 5 heteroatoms. The van der Waals surface area contributed by atoms with Gasteiger partial charge in [0.25, 0.3) is 0 Å². The van der Waals surface area contributed by atoms with Crippen LogP contribution in [0.3, 0.4) is 0 Å². The lowest BCUT2D eigenvalue weighted by molar-refractivity contribution is 0.603. The molecule has 4 nitrogen and oxygen atoms in total. The second-order valence-electron chi connectivity index (χ2n) is 3.79. The van der Waals surface area contributed by atoms with Crippen molar-refractivity contribution in [3.05, 3.63) is 47.8 Å². The summed E-state index contributed by atoms with van der Waals surface area (Å²) in [5.41, 5.74) is 4.84. The Hall–Kier alpha value is -1.30. The van der Waals surface area contributed by atoms with Gasteiger partial charge in [-0.1, -0.05) is 12.1 Å². The zero-order chi connectivity index (χ0) is 12.3. The SMILES string of the molecule is CSc1ccc(C(NN)c2ccn(C)n2)cc1. The molecule has 3 N–H and O–H groups in total. The molecule has 1 heterocycles. The maximum atomic E-state index is 5.61. The molecule has 0 fully saturated rings. The molecule has 0 aliphatic rings. The molecule has 0 aliphatic carbocycles. The van der Waals surface area contributed by atoms with Crippen molar-refractivity contribution in [1.82, 2.24) is 15.2 Å². The zero-order valence-corrected chi connectivity index (χ0v) is 10.7. The minimum atomic E-state index is -0.0629. The van der Waals surface area contributed by atoms with Crippen LogP contribution >= 0.6 is 11.8 Å². The molecule has 0 aliphatic heterocycles. The van der Waals surface area contributed by atoms with Crippen LogP contribution in [0.25, 0.3) is 0 Å². The van der Waals surface area contributed by atoms with E-state index in [2.05, 4.69) is 41.0 Å². The average molecular weight is 248 g/mol.